The first kappa shape index (κ1) is 8.92. The highest BCUT2D eigenvalue weighted by Gasteiger charge is 2.05. The van der Waals surface area contributed by atoms with Crippen molar-refractivity contribution in [2.24, 2.45) is 11.7 Å². The van der Waals surface area contributed by atoms with Crippen LogP contribution in [0, 0.1) is 5.92 Å². The molecule has 56 valence electrons. The molecule has 0 bridgehead atoms. The summed E-state index contributed by atoms with van der Waals surface area (Å²) in [7, 11) is 0. The Kier molecular flexibility index (Phi) is 4.72. The first-order valence-corrected chi connectivity index (χ1v) is 3.51. The molecule has 0 aromatic carbocycles. The van der Waals surface area contributed by atoms with Crippen molar-refractivity contribution < 1.29 is 4.74 Å². The lowest BCUT2D eigenvalue weighted by Gasteiger charge is -2.14. The van der Waals surface area contributed by atoms with Crippen molar-refractivity contribution >= 4 is 0 Å². The summed E-state index contributed by atoms with van der Waals surface area (Å²) in [6.45, 7) is 7.63. The average molecular weight is 131 g/mol. The molecule has 0 saturated heterocycles. The first-order valence-electron chi connectivity index (χ1n) is 3.51. The molecule has 9 heavy (non-hydrogen) atoms. The van der Waals surface area contributed by atoms with Gasteiger partial charge in [0.1, 0.15) is 0 Å². The van der Waals surface area contributed by atoms with Crippen molar-refractivity contribution in [2.75, 3.05) is 13.2 Å². The number of nitrogens with two attached hydrogens (primary N) is 1. The fraction of sp³-hybridized carbons (Fsp3) is 1.00. The zero-order valence-electron chi connectivity index (χ0n) is 6.55. The summed E-state index contributed by atoms with van der Waals surface area (Å²) in [4.78, 5) is 0. The van der Waals surface area contributed by atoms with E-state index in [1.165, 1.54) is 0 Å². The number of ether oxygens (including phenoxy) is 1. The molecule has 0 amide bonds. The summed E-state index contributed by atoms with van der Waals surface area (Å²) in [5, 5.41) is 0. The van der Waals surface area contributed by atoms with Gasteiger partial charge in [-0.15, -0.1) is 0 Å². The molecule has 0 fully saturated rings. The van der Waals surface area contributed by atoms with Crippen LogP contribution in [0.1, 0.15) is 20.8 Å². The number of hydrogen-bond donors (Lipinski definition) is 1. The van der Waals surface area contributed by atoms with Crippen LogP contribution in [-0.2, 0) is 4.74 Å². The van der Waals surface area contributed by atoms with E-state index in [9.17, 15) is 0 Å². The molecule has 0 unspecified atom stereocenters. The molecular formula is C7H17NO. The third kappa shape index (κ3) is 4.43. The van der Waals surface area contributed by atoms with Gasteiger partial charge in [0.25, 0.3) is 0 Å². The van der Waals surface area contributed by atoms with Crippen molar-refractivity contribution in [1.82, 2.24) is 0 Å². The highest BCUT2D eigenvalue weighted by atomic mass is 16.5. The highest BCUT2D eigenvalue weighted by molar-refractivity contribution is 4.62. The Morgan fingerprint density at radius 3 is 2.33 bits per heavy atom. The molecule has 0 saturated carbocycles. The molecule has 0 aliphatic rings. The molecule has 0 spiro atoms. The standard InChI is InChI=1S/C7H17NO/c1-4-9-5-7(8)6(2)3/h6-7H,4-5,8H2,1-3H3/t7-/m1/s1. The maximum atomic E-state index is 5.68. The quantitative estimate of drug-likeness (QED) is 0.618. The van der Waals surface area contributed by atoms with Crippen LogP contribution in [0.4, 0.5) is 0 Å². The van der Waals surface area contributed by atoms with Gasteiger partial charge < -0.3 is 10.5 Å². The summed E-state index contributed by atoms with van der Waals surface area (Å²) >= 11 is 0. The van der Waals surface area contributed by atoms with Gasteiger partial charge in [0.05, 0.1) is 6.61 Å². The van der Waals surface area contributed by atoms with Crippen LogP contribution in [0.5, 0.6) is 0 Å². The van der Waals surface area contributed by atoms with Crippen molar-refractivity contribution in [3.05, 3.63) is 0 Å². The van der Waals surface area contributed by atoms with E-state index in [1.807, 2.05) is 6.92 Å². The third-order valence-corrected chi connectivity index (χ3v) is 1.37. The summed E-state index contributed by atoms with van der Waals surface area (Å²) < 4.78 is 5.13. The smallest absolute Gasteiger partial charge is 0.0619 e. The van der Waals surface area contributed by atoms with Gasteiger partial charge in [0.2, 0.25) is 0 Å². The predicted octanol–water partition coefficient (Wildman–Crippen LogP) is 1.01. The lowest BCUT2D eigenvalue weighted by Crippen LogP contribution is -2.31. The summed E-state index contributed by atoms with van der Waals surface area (Å²) in [6, 6.07) is 0.199. The molecule has 1 atom stereocenters. The van der Waals surface area contributed by atoms with Crippen LogP contribution in [0.2, 0.25) is 0 Å². The highest BCUT2D eigenvalue weighted by Crippen LogP contribution is 1.97. The van der Waals surface area contributed by atoms with E-state index in [1.54, 1.807) is 0 Å². The van der Waals surface area contributed by atoms with E-state index in [-0.39, 0.29) is 6.04 Å². The minimum Gasteiger partial charge on any atom is -0.380 e. The van der Waals surface area contributed by atoms with Crippen LogP contribution < -0.4 is 5.73 Å². The average Bonchev–Trinajstić information content (AvgIpc) is 1.82. The molecule has 2 N–H and O–H groups in total. The largest absolute Gasteiger partial charge is 0.380 e. The van der Waals surface area contributed by atoms with Crippen molar-refractivity contribution in [3.8, 4) is 0 Å². The van der Waals surface area contributed by atoms with Gasteiger partial charge in [0.15, 0.2) is 0 Å². The van der Waals surface area contributed by atoms with Crippen molar-refractivity contribution in [2.45, 2.75) is 26.8 Å². The lowest BCUT2D eigenvalue weighted by molar-refractivity contribution is 0.121. The second kappa shape index (κ2) is 4.77. The fourth-order valence-corrected chi connectivity index (χ4v) is 0.446. The Bertz CT molecular complexity index is 63.9. The van der Waals surface area contributed by atoms with Gasteiger partial charge in [0, 0.05) is 12.6 Å². The summed E-state index contributed by atoms with van der Waals surface area (Å²) in [5.41, 5.74) is 5.68. The predicted molar refractivity (Wildman–Crippen MR) is 39.3 cm³/mol. The minimum absolute atomic E-state index is 0.199. The monoisotopic (exact) mass is 131 g/mol. The van der Waals surface area contributed by atoms with Crippen LogP contribution in [0.3, 0.4) is 0 Å². The summed E-state index contributed by atoms with van der Waals surface area (Å²) in [5.74, 6) is 0.525. The minimum atomic E-state index is 0.199. The second-order valence-corrected chi connectivity index (χ2v) is 2.57. The molecular weight excluding hydrogens is 114 g/mol. The van der Waals surface area contributed by atoms with Crippen LogP contribution in [0.25, 0.3) is 0 Å². The Morgan fingerprint density at radius 1 is 1.44 bits per heavy atom. The van der Waals surface area contributed by atoms with Gasteiger partial charge in [-0.2, -0.15) is 0 Å². The second-order valence-electron chi connectivity index (χ2n) is 2.57. The van der Waals surface area contributed by atoms with Gasteiger partial charge in [-0.05, 0) is 12.8 Å². The lowest BCUT2D eigenvalue weighted by atomic mass is 10.1. The van der Waals surface area contributed by atoms with E-state index in [4.69, 9.17) is 10.5 Å². The Labute approximate surface area is 57.4 Å². The van der Waals surface area contributed by atoms with Gasteiger partial charge >= 0.3 is 0 Å². The molecule has 0 aliphatic heterocycles. The Hall–Kier alpha value is -0.0800. The maximum Gasteiger partial charge on any atom is 0.0619 e. The topological polar surface area (TPSA) is 35.2 Å². The van der Waals surface area contributed by atoms with Crippen LogP contribution >= 0.6 is 0 Å². The molecule has 2 nitrogen and oxygen atoms in total. The van der Waals surface area contributed by atoms with Crippen molar-refractivity contribution in [1.29, 1.82) is 0 Å². The molecule has 0 radical (unpaired) electrons. The van der Waals surface area contributed by atoms with E-state index in [0.29, 0.717) is 12.5 Å². The fourth-order valence-electron chi connectivity index (χ4n) is 0.446. The van der Waals surface area contributed by atoms with Crippen molar-refractivity contribution in [3.63, 3.8) is 0 Å². The third-order valence-electron chi connectivity index (χ3n) is 1.37. The number of rotatable bonds is 4. The molecule has 0 aromatic heterocycles. The number of hydrogen-bond acceptors (Lipinski definition) is 2. The SMILES string of the molecule is CCOC[C@@H](N)C(C)C. The van der Waals surface area contributed by atoms with Crippen LogP contribution in [-0.4, -0.2) is 19.3 Å². The molecule has 0 aromatic rings. The van der Waals surface area contributed by atoms with Gasteiger partial charge in [-0.3, -0.25) is 0 Å². The van der Waals surface area contributed by atoms with Gasteiger partial charge in [-0.25, -0.2) is 0 Å². The molecule has 0 rings (SSSR count). The zero-order chi connectivity index (χ0) is 7.28. The first-order chi connectivity index (χ1) is 4.18. The molecule has 0 heterocycles. The van der Waals surface area contributed by atoms with Crippen LogP contribution in [0.15, 0.2) is 0 Å². The maximum absolute atomic E-state index is 5.68. The Balaban J connectivity index is 3.16. The van der Waals surface area contributed by atoms with E-state index < -0.39 is 0 Å². The van der Waals surface area contributed by atoms with Gasteiger partial charge in [-0.1, -0.05) is 13.8 Å². The molecule has 2 heteroatoms. The van der Waals surface area contributed by atoms with E-state index in [2.05, 4.69) is 13.8 Å². The molecule has 0 aliphatic carbocycles. The summed E-state index contributed by atoms with van der Waals surface area (Å²) in [6.07, 6.45) is 0. The Morgan fingerprint density at radius 2 is 2.00 bits per heavy atom. The normalized spacial score (nSPS) is 14.3. The van der Waals surface area contributed by atoms with E-state index in [0.717, 1.165) is 6.61 Å². The van der Waals surface area contributed by atoms with E-state index >= 15 is 0 Å². The zero-order valence-corrected chi connectivity index (χ0v) is 6.55.